The second-order valence-corrected chi connectivity index (χ2v) is 4.70. The van der Waals surface area contributed by atoms with Crippen molar-refractivity contribution < 1.29 is 17.9 Å². The molecule has 0 fully saturated rings. The summed E-state index contributed by atoms with van der Waals surface area (Å²) in [6, 6.07) is 9.79. The number of pyridine rings is 1. The van der Waals surface area contributed by atoms with Crippen LogP contribution in [0.3, 0.4) is 0 Å². The molecule has 0 unspecified atom stereocenters. The molecular formula is C16H13F3N2O. The molecule has 0 radical (unpaired) electrons. The Hall–Kier alpha value is -2.55. The van der Waals surface area contributed by atoms with Gasteiger partial charge >= 0.3 is 6.18 Å². The van der Waals surface area contributed by atoms with E-state index in [0.717, 1.165) is 17.4 Å². The third kappa shape index (κ3) is 3.76. The summed E-state index contributed by atoms with van der Waals surface area (Å²) in [5.41, 5.74) is -0.149. The predicted molar refractivity (Wildman–Crippen MR) is 74.4 cm³/mol. The number of hydrogen-bond donors (Lipinski definition) is 0. The number of benzene rings is 1. The first kappa shape index (κ1) is 15.8. The van der Waals surface area contributed by atoms with Crippen LogP contribution >= 0.6 is 0 Å². The van der Waals surface area contributed by atoms with Crippen LogP contribution in [0.15, 0.2) is 36.5 Å². The minimum absolute atomic E-state index is 0.411. The molecule has 0 aliphatic heterocycles. The fourth-order valence-corrected chi connectivity index (χ4v) is 2.03. The van der Waals surface area contributed by atoms with Gasteiger partial charge in [0.15, 0.2) is 5.69 Å². The Balaban J connectivity index is 2.14. The minimum atomic E-state index is -4.58. The Morgan fingerprint density at radius 1 is 1.14 bits per heavy atom. The third-order valence-electron chi connectivity index (χ3n) is 3.22. The number of ether oxygens (including phenoxy) is 1. The van der Waals surface area contributed by atoms with Gasteiger partial charge < -0.3 is 4.74 Å². The van der Waals surface area contributed by atoms with Crippen molar-refractivity contribution in [3.8, 4) is 11.8 Å². The number of rotatable bonds is 4. The minimum Gasteiger partial charge on any atom is -0.497 e. The first-order valence-corrected chi connectivity index (χ1v) is 6.53. The maximum atomic E-state index is 12.9. The number of methoxy groups -OCH3 is 1. The highest BCUT2D eigenvalue weighted by molar-refractivity contribution is 5.36. The molecule has 0 aliphatic rings. The van der Waals surface area contributed by atoms with Gasteiger partial charge in [-0.15, -0.1) is 0 Å². The largest absolute Gasteiger partial charge is 0.497 e. The molecule has 2 rings (SSSR count). The van der Waals surface area contributed by atoms with Crippen molar-refractivity contribution in [1.29, 1.82) is 5.26 Å². The summed E-state index contributed by atoms with van der Waals surface area (Å²) in [4.78, 5) is 3.60. The van der Waals surface area contributed by atoms with Gasteiger partial charge in [0.1, 0.15) is 11.8 Å². The highest BCUT2D eigenvalue weighted by atomic mass is 19.4. The summed E-state index contributed by atoms with van der Waals surface area (Å²) < 4.78 is 43.6. The molecule has 0 atom stereocenters. The number of nitrogens with zero attached hydrogens (tertiary/aromatic N) is 2. The molecule has 0 amide bonds. The van der Waals surface area contributed by atoms with Gasteiger partial charge in [-0.25, -0.2) is 4.98 Å². The first-order valence-electron chi connectivity index (χ1n) is 6.53. The van der Waals surface area contributed by atoms with Gasteiger partial charge in [-0.3, -0.25) is 0 Å². The van der Waals surface area contributed by atoms with Crippen LogP contribution in [0.5, 0.6) is 5.75 Å². The summed E-state index contributed by atoms with van der Waals surface area (Å²) in [6.45, 7) is 0. The molecule has 1 aromatic heterocycles. The zero-order valence-corrected chi connectivity index (χ0v) is 11.8. The average Bonchev–Trinajstić information content (AvgIpc) is 2.52. The van der Waals surface area contributed by atoms with Gasteiger partial charge in [-0.2, -0.15) is 18.4 Å². The van der Waals surface area contributed by atoms with E-state index in [1.165, 1.54) is 12.3 Å². The predicted octanol–water partition coefficient (Wildman–Crippen LogP) is 3.77. The van der Waals surface area contributed by atoms with Crippen LogP contribution in [0.4, 0.5) is 13.2 Å². The van der Waals surface area contributed by atoms with Gasteiger partial charge in [0.2, 0.25) is 0 Å². The van der Waals surface area contributed by atoms with E-state index < -0.39 is 17.4 Å². The van der Waals surface area contributed by atoms with Crippen LogP contribution in [-0.4, -0.2) is 12.1 Å². The van der Waals surface area contributed by atoms with E-state index in [2.05, 4.69) is 4.98 Å². The zero-order valence-electron chi connectivity index (χ0n) is 11.8. The highest BCUT2D eigenvalue weighted by Crippen LogP contribution is 2.31. The van der Waals surface area contributed by atoms with E-state index in [1.807, 2.05) is 12.1 Å². The van der Waals surface area contributed by atoms with Crippen molar-refractivity contribution >= 4 is 0 Å². The Kier molecular flexibility index (Phi) is 4.66. The Labute approximate surface area is 126 Å². The van der Waals surface area contributed by atoms with Crippen LogP contribution in [-0.2, 0) is 19.0 Å². The Bertz CT molecular complexity index is 688. The van der Waals surface area contributed by atoms with E-state index in [4.69, 9.17) is 10.00 Å². The van der Waals surface area contributed by atoms with Crippen molar-refractivity contribution in [2.24, 2.45) is 0 Å². The summed E-state index contributed by atoms with van der Waals surface area (Å²) in [5, 5.41) is 8.71. The summed E-state index contributed by atoms with van der Waals surface area (Å²) >= 11 is 0. The number of hydrogen-bond acceptors (Lipinski definition) is 3. The van der Waals surface area contributed by atoms with Crippen LogP contribution in [0.2, 0.25) is 0 Å². The first-order chi connectivity index (χ1) is 10.4. The van der Waals surface area contributed by atoms with Crippen molar-refractivity contribution in [3.05, 3.63) is 58.9 Å². The smallest absolute Gasteiger partial charge is 0.419 e. The van der Waals surface area contributed by atoms with Gasteiger partial charge in [-0.05, 0) is 42.2 Å². The van der Waals surface area contributed by atoms with Crippen LogP contribution < -0.4 is 4.74 Å². The average molecular weight is 306 g/mol. The van der Waals surface area contributed by atoms with E-state index in [-0.39, 0.29) is 0 Å². The lowest BCUT2D eigenvalue weighted by molar-refractivity contribution is -0.138. The van der Waals surface area contributed by atoms with Crippen LogP contribution in [0.1, 0.15) is 22.4 Å². The molecule has 1 heterocycles. The van der Waals surface area contributed by atoms with Crippen LogP contribution in [0, 0.1) is 11.3 Å². The van der Waals surface area contributed by atoms with Crippen molar-refractivity contribution in [3.63, 3.8) is 0 Å². The zero-order chi connectivity index (χ0) is 16.2. The lowest BCUT2D eigenvalue weighted by Gasteiger charge is -2.10. The summed E-state index contributed by atoms with van der Waals surface area (Å²) in [5.74, 6) is 0.725. The van der Waals surface area contributed by atoms with Gasteiger partial charge in [0, 0.05) is 6.20 Å². The van der Waals surface area contributed by atoms with Crippen molar-refractivity contribution in [2.45, 2.75) is 19.0 Å². The molecule has 0 saturated heterocycles. The number of aryl methyl sites for hydroxylation is 2. The molecule has 22 heavy (non-hydrogen) atoms. The molecule has 0 spiro atoms. The van der Waals surface area contributed by atoms with Crippen molar-refractivity contribution in [1.82, 2.24) is 4.98 Å². The summed E-state index contributed by atoms with van der Waals surface area (Å²) in [7, 11) is 1.57. The Morgan fingerprint density at radius 3 is 2.32 bits per heavy atom. The van der Waals surface area contributed by atoms with E-state index in [1.54, 1.807) is 19.2 Å². The van der Waals surface area contributed by atoms with Gasteiger partial charge in [0.25, 0.3) is 0 Å². The number of halogens is 3. The molecule has 2 aromatic rings. The Morgan fingerprint density at radius 2 is 1.77 bits per heavy atom. The van der Waals surface area contributed by atoms with E-state index in [0.29, 0.717) is 18.4 Å². The fourth-order valence-electron chi connectivity index (χ4n) is 2.03. The molecule has 0 aliphatic carbocycles. The topological polar surface area (TPSA) is 45.9 Å². The molecule has 3 nitrogen and oxygen atoms in total. The van der Waals surface area contributed by atoms with E-state index in [9.17, 15) is 13.2 Å². The fraction of sp³-hybridized carbons (Fsp3) is 0.250. The molecule has 0 bridgehead atoms. The molecular weight excluding hydrogens is 293 g/mol. The second kappa shape index (κ2) is 6.48. The molecule has 1 aromatic carbocycles. The maximum absolute atomic E-state index is 12.9. The molecule has 0 saturated carbocycles. The lowest BCUT2D eigenvalue weighted by atomic mass is 10.0. The highest BCUT2D eigenvalue weighted by Gasteiger charge is 2.34. The second-order valence-electron chi connectivity index (χ2n) is 4.70. The molecule has 114 valence electrons. The number of nitriles is 1. The molecule has 0 N–H and O–H groups in total. The van der Waals surface area contributed by atoms with Crippen LogP contribution in [0.25, 0.3) is 0 Å². The standard InChI is InChI=1S/C16H13F3N2O/c1-22-13-6-4-11(5-7-13)2-3-12-8-14(16(17,18)19)15(9-20)21-10-12/h4-8,10H,2-3H2,1H3. The summed E-state index contributed by atoms with van der Waals surface area (Å²) in [6.07, 6.45) is -2.27. The SMILES string of the molecule is COc1ccc(CCc2cnc(C#N)c(C(F)(F)F)c2)cc1. The lowest BCUT2D eigenvalue weighted by Crippen LogP contribution is -2.10. The number of aromatic nitrogens is 1. The van der Waals surface area contributed by atoms with Crippen molar-refractivity contribution in [2.75, 3.05) is 7.11 Å². The van der Waals surface area contributed by atoms with E-state index >= 15 is 0 Å². The normalized spacial score (nSPS) is 11.0. The van der Waals surface area contributed by atoms with Gasteiger partial charge in [-0.1, -0.05) is 12.1 Å². The molecule has 6 heteroatoms. The third-order valence-corrected chi connectivity index (χ3v) is 3.22. The number of alkyl halides is 3. The monoisotopic (exact) mass is 306 g/mol. The maximum Gasteiger partial charge on any atom is 0.419 e. The van der Waals surface area contributed by atoms with Gasteiger partial charge in [0.05, 0.1) is 12.7 Å². The quantitative estimate of drug-likeness (QED) is 0.864.